The van der Waals surface area contributed by atoms with Gasteiger partial charge in [0.05, 0.1) is 32.3 Å². The molecule has 0 saturated carbocycles. The van der Waals surface area contributed by atoms with Gasteiger partial charge in [-0.25, -0.2) is 0 Å². The molecule has 1 atom stereocenters. The Morgan fingerprint density at radius 3 is 2.28 bits per heavy atom. The second kappa shape index (κ2) is 10.6. The van der Waals surface area contributed by atoms with Crippen molar-refractivity contribution in [1.82, 2.24) is 4.90 Å². The van der Waals surface area contributed by atoms with Gasteiger partial charge in [0.25, 0.3) is 11.6 Å². The molecule has 0 aromatic heterocycles. The molecule has 1 heterocycles. The highest BCUT2D eigenvalue weighted by Gasteiger charge is 2.34. The van der Waals surface area contributed by atoms with Crippen LogP contribution >= 0.6 is 0 Å². The lowest BCUT2D eigenvalue weighted by Gasteiger charge is -2.37. The van der Waals surface area contributed by atoms with E-state index in [0.717, 1.165) is 11.1 Å². The number of aryl methyl sites for hydroxylation is 1. The maximum Gasteiger partial charge on any atom is 0.273 e. The Hall–Kier alpha value is -4.27. The van der Waals surface area contributed by atoms with Crippen molar-refractivity contribution in [3.63, 3.8) is 0 Å². The van der Waals surface area contributed by atoms with E-state index in [1.165, 1.54) is 6.07 Å². The van der Waals surface area contributed by atoms with E-state index >= 15 is 0 Å². The molecule has 0 aliphatic carbocycles. The number of fused-ring (bicyclic) bond motifs is 1. The highest BCUT2D eigenvalue weighted by Crippen LogP contribution is 2.39. The minimum Gasteiger partial charge on any atom is -0.497 e. The molecule has 3 aromatic rings. The van der Waals surface area contributed by atoms with Gasteiger partial charge in [0.15, 0.2) is 11.5 Å². The zero-order valence-electron chi connectivity index (χ0n) is 20.6. The van der Waals surface area contributed by atoms with E-state index in [-0.39, 0.29) is 23.8 Å². The number of methoxy groups -OCH3 is 3. The Balaban J connectivity index is 1.71. The summed E-state index contributed by atoms with van der Waals surface area (Å²) >= 11 is 0. The van der Waals surface area contributed by atoms with E-state index in [2.05, 4.69) is 0 Å². The van der Waals surface area contributed by atoms with Crippen LogP contribution in [-0.4, -0.2) is 50.2 Å². The van der Waals surface area contributed by atoms with Crippen molar-refractivity contribution in [3.8, 4) is 23.0 Å². The minimum absolute atomic E-state index is 0.0873. The lowest BCUT2D eigenvalue weighted by molar-refractivity contribution is -0.385. The lowest BCUT2D eigenvalue weighted by Crippen LogP contribution is -2.42. The third kappa shape index (κ3) is 4.91. The predicted molar refractivity (Wildman–Crippen MR) is 133 cm³/mol. The van der Waals surface area contributed by atoms with Crippen LogP contribution in [0.2, 0.25) is 0 Å². The molecule has 3 aromatic carbocycles. The second-order valence-corrected chi connectivity index (χ2v) is 8.42. The summed E-state index contributed by atoms with van der Waals surface area (Å²) < 4.78 is 22.3. The van der Waals surface area contributed by atoms with Crippen LogP contribution in [0, 0.1) is 17.0 Å². The first-order valence-corrected chi connectivity index (χ1v) is 11.4. The van der Waals surface area contributed by atoms with Crippen LogP contribution in [0.3, 0.4) is 0 Å². The Morgan fingerprint density at radius 2 is 1.64 bits per heavy atom. The maximum absolute atomic E-state index is 13.7. The smallest absolute Gasteiger partial charge is 0.273 e. The van der Waals surface area contributed by atoms with Gasteiger partial charge in [-0.05, 0) is 66.9 Å². The maximum atomic E-state index is 13.7. The van der Waals surface area contributed by atoms with Crippen molar-refractivity contribution in [2.24, 2.45) is 0 Å². The number of hydrogen-bond acceptors (Lipinski definition) is 7. The quantitative estimate of drug-likeness (QED) is 0.330. The molecule has 4 rings (SSSR count). The van der Waals surface area contributed by atoms with Crippen LogP contribution < -0.4 is 18.9 Å². The van der Waals surface area contributed by atoms with Crippen LogP contribution in [0.5, 0.6) is 23.0 Å². The van der Waals surface area contributed by atoms with E-state index in [4.69, 9.17) is 18.9 Å². The molecular weight excluding hydrogens is 464 g/mol. The highest BCUT2D eigenvalue weighted by molar-refractivity contribution is 5.95. The fourth-order valence-corrected chi connectivity index (χ4v) is 4.40. The van der Waals surface area contributed by atoms with Crippen LogP contribution in [0.4, 0.5) is 5.69 Å². The van der Waals surface area contributed by atoms with E-state index in [1.54, 1.807) is 69.6 Å². The molecule has 1 amide bonds. The van der Waals surface area contributed by atoms with Gasteiger partial charge in [0.2, 0.25) is 0 Å². The molecule has 188 valence electrons. The molecule has 9 heteroatoms. The summed E-state index contributed by atoms with van der Waals surface area (Å²) in [6.07, 6.45) is 0.592. The van der Waals surface area contributed by atoms with Crippen molar-refractivity contribution in [2.75, 3.05) is 34.5 Å². The normalized spacial score (nSPS) is 14.6. The molecule has 0 fully saturated rings. The van der Waals surface area contributed by atoms with E-state index in [9.17, 15) is 14.9 Å². The van der Waals surface area contributed by atoms with Crippen molar-refractivity contribution < 1.29 is 28.7 Å². The molecule has 0 bridgehead atoms. The zero-order valence-corrected chi connectivity index (χ0v) is 20.6. The summed E-state index contributed by atoms with van der Waals surface area (Å²) in [7, 11) is 4.73. The molecule has 0 radical (unpaired) electrons. The molecule has 1 aliphatic rings. The van der Waals surface area contributed by atoms with Crippen LogP contribution in [0.25, 0.3) is 0 Å². The topological polar surface area (TPSA) is 100 Å². The summed E-state index contributed by atoms with van der Waals surface area (Å²) in [6, 6.07) is 15.1. The van der Waals surface area contributed by atoms with Gasteiger partial charge in [0, 0.05) is 23.7 Å². The number of benzene rings is 3. The lowest BCUT2D eigenvalue weighted by atomic mass is 9.91. The van der Waals surface area contributed by atoms with Gasteiger partial charge >= 0.3 is 0 Å². The number of carbonyl (C=O) groups excluding carboxylic acids is 1. The van der Waals surface area contributed by atoms with Crippen LogP contribution in [-0.2, 0) is 6.42 Å². The Labute approximate surface area is 209 Å². The number of rotatable bonds is 8. The molecule has 36 heavy (non-hydrogen) atoms. The Bertz CT molecular complexity index is 1270. The van der Waals surface area contributed by atoms with E-state index < -0.39 is 11.0 Å². The first-order chi connectivity index (χ1) is 17.4. The third-order valence-corrected chi connectivity index (χ3v) is 6.38. The van der Waals surface area contributed by atoms with Gasteiger partial charge in [-0.1, -0.05) is 6.07 Å². The third-order valence-electron chi connectivity index (χ3n) is 6.38. The molecule has 0 spiro atoms. The summed E-state index contributed by atoms with van der Waals surface area (Å²) in [5.41, 5.74) is 2.57. The van der Waals surface area contributed by atoms with Crippen molar-refractivity contribution in [2.45, 2.75) is 19.4 Å². The van der Waals surface area contributed by atoms with E-state index in [1.807, 2.05) is 12.1 Å². The average Bonchev–Trinajstić information content (AvgIpc) is 2.90. The number of hydrogen-bond donors (Lipinski definition) is 0. The second-order valence-electron chi connectivity index (χ2n) is 8.42. The van der Waals surface area contributed by atoms with Crippen LogP contribution in [0.15, 0.2) is 54.6 Å². The molecule has 1 unspecified atom stereocenters. The first kappa shape index (κ1) is 24.8. The van der Waals surface area contributed by atoms with Crippen molar-refractivity contribution >= 4 is 11.6 Å². The fraction of sp³-hybridized carbons (Fsp3) is 0.296. The number of amides is 1. The highest BCUT2D eigenvalue weighted by atomic mass is 16.6. The van der Waals surface area contributed by atoms with Gasteiger partial charge in [-0.3, -0.25) is 14.9 Å². The zero-order chi connectivity index (χ0) is 25.8. The summed E-state index contributed by atoms with van der Waals surface area (Å²) in [5.74, 6) is 2.19. The monoisotopic (exact) mass is 492 g/mol. The number of nitro benzene ring substituents is 1. The fourth-order valence-electron chi connectivity index (χ4n) is 4.40. The molecule has 0 N–H and O–H groups in total. The number of ether oxygens (including phenoxy) is 4. The SMILES string of the molecule is COc1ccc(OCC2c3cc(OC)c(OC)cc3CCN2C(=O)c2ccc(C)c([N+](=O)[O-])c2)cc1. The van der Waals surface area contributed by atoms with Gasteiger partial charge < -0.3 is 23.8 Å². The number of nitrogens with zero attached hydrogens (tertiary/aromatic N) is 2. The van der Waals surface area contributed by atoms with Gasteiger partial charge in [0.1, 0.15) is 18.1 Å². The number of carbonyl (C=O) groups is 1. The molecular formula is C27H28N2O7. The average molecular weight is 493 g/mol. The van der Waals surface area contributed by atoms with Gasteiger partial charge in [-0.2, -0.15) is 0 Å². The largest absolute Gasteiger partial charge is 0.497 e. The summed E-state index contributed by atoms with van der Waals surface area (Å²) in [4.78, 5) is 26.3. The molecule has 1 aliphatic heterocycles. The Morgan fingerprint density at radius 1 is 0.972 bits per heavy atom. The van der Waals surface area contributed by atoms with Gasteiger partial charge in [-0.15, -0.1) is 0 Å². The van der Waals surface area contributed by atoms with Crippen molar-refractivity contribution in [3.05, 3.63) is 87.0 Å². The van der Waals surface area contributed by atoms with Crippen LogP contribution in [0.1, 0.15) is 33.1 Å². The first-order valence-electron chi connectivity index (χ1n) is 11.4. The Kier molecular flexibility index (Phi) is 7.28. The standard InChI is InChI=1S/C27H28N2O7/c1-17-5-6-19(13-23(17)29(31)32)27(30)28-12-11-18-14-25(34-3)26(35-4)15-22(18)24(28)16-36-21-9-7-20(33-2)8-10-21/h5-10,13-15,24H,11-12,16H2,1-4H3. The molecule has 9 nitrogen and oxygen atoms in total. The predicted octanol–water partition coefficient (Wildman–Crippen LogP) is 4.75. The van der Waals surface area contributed by atoms with E-state index in [0.29, 0.717) is 41.5 Å². The summed E-state index contributed by atoms with van der Waals surface area (Å²) in [5, 5.41) is 11.5. The summed E-state index contributed by atoms with van der Waals surface area (Å²) in [6.45, 7) is 2.24. The molecule has 0 saturated heterocycles. The number of nitro groups is 1. The minimum atomic E-state index is -0.473. The van der Waals surface area contributed by atoms with Crippen molar-refractivity contribution in [1.29, 1.82) is 0 Å².